The van der Waals surface area contributed by atoms with E-state index in [1.54, 1.807) is 0 Å². The predicted octanol–water partition coefficient (Wildman–Crippen LogP) is 3.76. The fourth-order valence-corrected chi connectivity index (χ4v) is 2.03. The lowest BCUT2D eigenvalue weighted by atomic mass is 9.77. The summed E-state index contributed by atoms with van der Waals surface area (Å²) in [5.41, 5.74) is 0.240. The van der Waals surface area contributed by atoms with Crippen molar-refractivity contribution in [1.29, 1.82) is 0 Å². The van der Waals surface area contributed by atoms with Gasteiger partial charge in [-0.15, -0.1) is 0 Å². The van der Waals surface area contributed by atoms with E-state index in [-0.39, 0.29) is 5.41 Å². The zero-order valence-electron chi connectivity index (χ0n) is 9.60. The number of hydrogen-bond donors (Lipinski definition) is 1. The van der Waals surface area contributed by atoms with Crippen molar-refractivity contribution in [2.75, 3.05) is 6.61 Å². The Hall–Kier alpha value is -0.0400. The van der Waals surface area contributed by atoms with Gasteiger partial charge in [-0.2, -0.15) is 0 Å². The van der Waals surface area contributed by atoms with Gasteiger partial charge in [-0.3, -0.25) is 0 Å². The second kappa shape index (κ2) is 7.37. The Morgan fingerprint density at radius 2 is 1.62 bits per heavy atom. The van der Waals surface area contributed by atoms with Crippen molar-refractivity contribution >= 4 is 0 Å². The molecule has 80 valence electrons. The van der Waals surface area contributed by atoms with E-state index in [0.717, 1.165) is 6.42 Å². The molecule has 0 aromatic rings. The van der Waals surface area contributed by atoms with Crippen LogP contribution in [0.25, 0.3) is 0 Å². The predicted molar refractivity (Wildman–Crippen MR) is 58.9 cm³/mol. The lowest BCUT2D eigenvalue weighted by Gasteiger charge is -2.30. The van der Waals surface area contributed by atoms with E-state index in [4.69, 9.17) is 0 Å². The molecule has 1 nitrogen and oxygen atoms in total. The molecule has 0 amide bonds. The molecule has 0 aliphatic rings. The molecule has 0 heterocycles. The Morgan fingerprint density at radius 3 is 2.00 bits per heavy atom. The molecule has 1 heteroatoms. The van der Waals surface area contributed by atoms with Gasteiger partial charge in [0.2, 0.25) is 0 Å². The monoisotopic (exact) mass is 186 g/mol. The highest BCUT2D eigenvalue weighted by atomic mass is 16.3. The molecule has 13 heavy (non-hydrogen) atoms. The molecule has 0 aliphatic heterocycles. The Bertz CT molecular complexity index is 106. The third kappa shape index (κ3) is 4.66. The summed E-state index contributed by atoms with van der Waals surface area (Å²) in [7, 11) is 0. The number of rotatable bonds is 8. The normalized spacial score (nSPS) is 15.7. The number of unbranched alkanes of at least 4 members (excludes halogenated alkanes) is 2. The first-order chi connectivity index (χ1) is 6.24. The summed E-state index contributed by atoms with van der Waals surface area (Å²) in [6.07, 6.45) is 8.58. The molecule has 0 bridgehead atoms. The van der Waals surface area contributed by atoms with Gasteiger partial charge in [0, 0.05) is 6.61 Å². The van der Waals surface area contributed by atoms with Crippen molar-refractivity contribution in [3.05, 3.63) is 0 Å². The van der Waals surface area contributed by atoms with E-state index in [1.165, 1.54) is 38.5 Å². The molecule has 1 N–H and O–H groups in total. The summed E-state index contributed by atoms with van der Waals surface area (Å²) in [5, 5.41) is 9.41. The molecule has 1 unspecified atom stereocenters. The van der Waals surface area contributed by atoms with Crippen LogP contribution in [0.4, 0.5) is 0 Å². The van der Waals surface area contributed by atoms with E-state index < -0.39 is 0 Å². The molecular formula is C12H26O. The van der Waals surface area contributed by atoms with Gasteiger partial charge in [0.1, 0.15) is 0 Å². The lowest BCUT2D eigenvalue weighted by molar-refractivity contribution is 0.0962. The van der Waals surface area contributed by atoms with Crippen molar-refractivity contribution in [3.8, 4) is 0 Å². The van der Waals surface area contributed by atoms with Crippen molar-refractivity contribution in [3.63, 3.8) is 0 Å². The third-order valence-corrected chi connectivity index (χ3v) is 3.18. The minimum absolute atomic E-state index is 0.240. The minimum Gasteiger partial charge on any atom is -0.396 e. The van der Waals surface area contributed by atoms with E-state index in [9.17, 15) is 5.11 Å². The maximum Gasteiger partial charge on any atom is 0.0487 e. The van der Waals surface area contributed by atoms with Crippen LogP contribution in [-0.2, 0) is 0 Å². The first-order valence-corrected chi connectivity index (χ1v) is 5.85. The molecule has 0 saturated heterocycles. The van der Waals surface area contributed by atoms with Crippen LogP contribution in [0, 0.1) is 5.41 Å². The molecule has 0 radical (unpaired) electrons. The van der Waals surface area contributed by atoms with E-state index >= 15 is 0 Å². The average molecular weight is 186 g/mol. The maximum absolute atomic E-state index is 9.41. The van der Waals surface area contributed by atoms with Gasteiger partial charge in [0.25, 0.3) is 0 Å². The summed E-state index contributed by atoms with van der Waals surface area (Å²) < 4.78 is 0. The van der Waals surface area contributed by atoms with Crippen LogP contribution in [0.5, 0.6) is 0 Å². The smallest absolute Gasteiger partial charge is 0.0487 e. The van der Waals surface area contributed by atoms with Crippen LogP contribution in [0.15, 0.2) is 0 Å². The van der Waals surface area contributed by atoms with E-state index in [0.29, 0.717) is 6.61 Å². The Kier molecular flexibility index (Phi) is 7.35. The molecule has 0 fully saturated rings. The fourth-order valence-electron chi connectivity index (χ4n) is 2.03. The Morgan fingerprint density at radius 1 is 0.923 bits per heavy atom. The van der Waals surface area contributed by atoms with Gasteiger partial charge in [-0.1, -0.05) is 46.5 Å². The number of hydrogen-bond acceptors (Lipinski definition) is 1. The second-order valence-corrected chi connectivity index (χ2v) is 4.22. The van der Waals surface area contributed by atoms with Gasteiger partial charge in [-0.05, 0) is 24.7 Å². The van der Waals surface area contributed by atoms with Crippen LogP contribution < -0.4 is 0 Å². The van der Waals surface area contributed by atoms with Gasteiger partial charge in [0.05, 0.1) is 0 Å². The van der Waals surface area contributed by atoms with Crippen molar-refractivity contribution in [1.82, 2.24) is 0 Å². The second-order valence-electron chi connectivity index (χ2n) is 4.22. The number of aliphatic hydroxyl groups is 1. The van der Waals surface area contributed by atoms with Crippen molar-refractivity contribution in [2.24, 2.45) is 5.41 Å². The highest BCUT2D eigenvalue weighted by Gasteiger charge is 2.25. The first-order valence-electron chi connectivity index (χ1n) is 5.85. The van der Waals surface area contributed by atoms with E-state index in [1.807, 2.05) is 0 Å². The summed E-state index contributed by atoms with van der Waals surface area (Å²) >= 11 is 0. The van der Waals surface area contributed by atoms with Crippen LogP contribution in [0.1, 0.15) is 65.7 Å². The topological polar surface area (TPSA) is 20.2 Å². The summed E-state index contributed by atoms with van der Waals surface area (Å²) in [6, 6.07) is 0. The quantitative estimate of drug-likeness (QED) is 0.572. The van der Waals surface area contributed by atoms with Crippen molar-refractivity contribution < 1.29 is 5.11 Å². The summed E-state index contributed by atoms with van der Waals surface area (Å²) in [4.78, 5) is 0. The Balaban J connectivity index is 3.89. The standard InChI is InChI=1S/C12H26O/c1-4-7-8-10-12(6-3,11-13)9-5-2/h13H,4-11H2,1-3H3. The molecule has 0 aromatic heterocycles. The molecule has 1 atom stereocenters. The van der Waals surface area contributed by atoms with Crippen LogP contribution in [0.3, 0.4) is 0 Å². The molecular weight excluding hydrogens is 160 g/mol. The molecule has 0 aliphatic carbocycles. The lowest BCUT2D eigenvalue weighted by Crippen LogP contribution is -2.24. The largest absolute Gasteiger partial charge is 0.396 e. The average Bonchev–Trinajstić information content (AvgIpc) is 2.17. The minimum atomic E-state index is 0.240. The highest BCUT2D eigenvalue weighted by Crippen LogP contribution is 2.33. The number of aliphatic hydroxyl groups excluding tert-OH is 1. The fraction of sp³-hybridized carbons (Fsp3) is 1.00. The Labute approximate surface area is 83.5 Å². The van der Waals surface area contributed by atoms with E-state index in [2.05, 4.69) is 20.8 Å². The first kappa shape index (κ1) is 13.0. The highest BCUT2D eigenvalue weighted by molar-refractivity contribution is 4.76. The zero-order valence-corrected chi connectivity index (χ0v) is 9.60. The van der Waals surface area contributed by atoms with Crippen LogP contribution >= 0.6 is 0 Å². The molecule has 0 spiro atoms. The molecule has 0 aromatic carbocycles. The van der Waals surface area contributed by atoms with Crippen molar-refractivity contribution in [2.45, 2.75) is 65.7 Å². The van der Waals surface area contributed by atoms with Gasteiger partial charge in [-0.25, -0.2) is 0 Å². The van der Waals surface area contributed by atoms with Crippen LogP contribution in [-0.4, -0.2) is 11.7 Å². The maximum atomic E-state index is 9.41. The zero-order chi connectivity index (χ0) is 10.2. The van der Waals surface area contributed by atoms with Gasteiger partial charge < -0.3 is 5.11 Å². The van der Waals surface area contributed by atoms with Crippen LogP contribution in [0.2, 0.25) is 0 Å². The third-order valence-electron chi connectivity index (χ3n) is 3.18. The molecule has 0 saturated carbocycles. The summed E-state index contributed by atoms with van der Waals surface area (Å²) in [6.45, 7) is 7.02. The SMILES string of the molecule is CCCCCC(CC)(CO)CCC. The van der Waals surface area contributed by atoms with Gasteiger partial charge in [0.15, 0.2) is 0 Å². The molecule has 0 rings (SSSR count). The van der Waals surface area contributed by atoms with Gasteiger partial charge >= 0.3 is 0 Å². The summed E-state index contributed by atoms with van der Waals surface area (Å²) in [5.74, 6) is 0.